The van der Waals surface area contributed by atoms with Crippen molar-refractivity contribution in [3.8, 4) is 0 Å². The number of rotatable bonds is 4. The van der Waals surface area contributed by atoms with E-state index in [0.29, 0.717) is 22.2 Å². The van der Waals surface area contributed by atoms with Gasteiger partial charge in [0.05, 0.1) is 5.41 Å². The summed E-state index contributed by atoms with van der Waals surface area (Å²) < 4.78 is 0. The predicted molar refractivity (Wildman–Crippen MR) is 86.9 cm³/mol. The molecule has 4 heteroatoms. The van der Waals surface area contributed by atoms with Crippen molar-refractivity contribution in [2.45, 2.75) is 24.7 Å². The van der Waals surface area contributed by atoms with Crippen molar-refractivity contribution < 1.29 is 4.79 Å². The number of halogens is 2. The number of carbonyl (C=O) groups is 1. The zero-order valence-electron chi connectivity index (χ0n) is 11.4. The second-order valence-electron chi connectivity index (χ2n) is 5.54. The molecule has 0 amide bonds. The first kappa shape index (κ1) is 14.4. The molecule has 2 N–H and O–H groups in total. The second kappa shape index (κ2) is 5.36. The molecule has 0 bridgehead atoms. The predicted octanol–water partition coefficient (Wildman–Crippen LogP) is 4.42. The molecule has 1 aliphatic carbocycles. The molecule has 2 nitrogen and oxygen atoms in total. The molecule has 3 rings (SSSR count). The normalized spacial score (nSPS) is 15.7. The van der Waals surface area contributed by atoms with Gasteiger partial charge in [-0.15, -0.1) is 0 Å². The van der Waals surface area contributed by atoms with Crippen molar-refractivity contribution in [3.63, 3.8) is 0 Å². The standard InChI is InChI=1S/C17H15Cl2NO/c18-13-4-1-11(15(19)10-13)9-16(21)17(7-8-17)12-2-5-14(20)6-3-12/h1-6,10H,7-9,20H2. The molecule has 0 unspecified atom stereocenters. The van der Waals surface area contributed by atoms with Crippen molar-refractivity contribution in [2.75, 3.05) is 5.73 Å². The molecule has 2 aromatic carbocycles. The topological polar surface area (TPSA) is 43.1 Å². The van der Waals surface area contributed by atoms with Gasteiger partial charge < -0.3 is 5.73 Å². The summed E-state index contributed by atoms with van der Waals surface area (Å²) in [6.45, 7) is 0. The summed E-state index contributed by atoms with van der Waals surface area (Å²) in [5.41, 5.74) is 7.94. The molecule has 0 aliphatic heterocycles. The number of nitrogen functional groups attached to an aromatic ring is 1. The Morgan fingerprint density at radius 3 is 2.33 bits per heavy atom. The van der Waals surface area contributed by atoms with E-state index < -0.39 is 0 Å². The van der Waals surface area contributed by atoms with Crippen LogP contribution in [0.3, 0.4) is 0 Å². The van der Waals surface area contributed by atoms with Gasteiger partial charge in [-0.05, 0) is 48.2 Å². The van der Waals surface area contributed by atoms with Crippen LogP contribution >= 0.6 is 23.2 Å². The van der Waals surface area contributed by atoms with E-state index in [1.54, 1.807) is 12.1 Å². The SMILES string of the molecule is Nc1ccc(C2(C(=O)Cc3ccc(Cl)cc3Cl)CC2)cc1. The summed E-state index contributed by atoms with van der Waals surface area (Å²) in [6, 6.07) is 12.8. The van der Waals surface area contributed by atoms with Gasteiger partial charge in [0.25, 0.3) is 0 Å². The minimum absolute atomic E-state index is 0.205. The van der Waals surface area contributed by atoms with Crippen molar-refractivity contribution >= 4 is 34.7 Å². The molecular formula is C17H15Cl2NO. The van der Waals surface area contributed by atoms with Gasteiger partial charge in [0.2, 0.25) is 0 Å². The lowest BCUT2D eigenvalue weighted by Gasteiger charge is -2.15. The van der Waals surface area contributed by atoms with Gasteiger partial charge in [0.15, 0.2) is 0 Å². The lowest BCUT2D eigenvalue weighted by atomic mass is 9.88. The van der Waals surface area contributed by atoms with Crippen LogP contribution in [0.1, 0.15) is 24.0 Å². The molecule has 1 fully saturated rings. The van der Waals surface area contributed by atoms with Crippen LogP contribution in [0.2, 0.25) is 10.0 Å². The van der Waals surface area contributed by atoms with Gasteiger partial charge in [-0.1, -0.05) is 41.4 Å². The molecule has 1 aliphatic rings. The molecule has 1 saturated carbocycles. The van der Waals surface area contributed by atoms with Gasteiger partial charge in [0.1, 0.15) is 5.78 Å². The Labute approximate surface area is 133 Å². The highest BCUT2D eigenvalue weighted by Crippen LogP contribution is 2.49. The van der Waals surface area contributed by atoms with Crippen LogP contribution in [-0.2, 0) is 16.6 Å². The first-order valence-electron chi connectivity index (χ1n) is 6.84. The van der Waals surface area contributed by atoms with Crippen molar-refractivity contribution in [1.82, 2.24) is 0 Å². The van der Waals surface area contributed by atoms with Crippen LogP contribution in [0.4, 0.5) is 5.69 Å². The molecule has 0 aromatic heterocycles. The van der Waals surface area contributed by atoms with E-state index in [0.717, 1.165) is 24.0 Å². The van der Waals surface area contributed by atoms with Crippen LogP contribution in [-0.4, -0.2) is 5.78 Å². The van der Waals surface area contributed by atoms with Gasteiger partial charge in [-0.2, -0.15) is 0 Å². The third kappa shape index (κ3) is 2.78. The summed E-state index contributed by atoms with van der Waals surface area (Å²) in [6.07, 6.45) is 2.11. The third-order valence-electron chi connectivity index (χ3n) is 4.11. The Morgan fingerprint density at radius 2 is 1.76 bits per heavy atom. The van der Waals surface area contributed by atoms with Gasteiger partial charge in [-0.25, -0.2) is 0 Å². The third-order valence-corrected chi connectivity index (χ3v) is 4.70. The Kier molecular flexibility index (Phi) is 3.68. The number of ketones is 1. The van der Waals surface area contributed by atoms with Crippen molar-refractivity contribution in [3.05, 3.63) is 63.6 Å². The van der Waals surface area contributed by atoms with E-state index in [4.69, 9.17) is 28.9 Å². The van der Waals surface area contributed by atoms with Crippen LogP contribution in [0.15, 0.2) is 42.5 Å². The fourth-order valence-corrected chi connectivity index (χ4v) is 3.14. The van der Waals surface area contributed by atoms with Gasteiger partial charge in [-0.3, -0.25) is 4.79 Å². The Hall–Kier alpha value is -1.51. The maximum absolute atomic E-state index is 12.7. The molecule has 0 saturated heterocycles. The largest absolute Gasteiger partial charge is 0.399 e. The van der Waals surface area contributed by atoms with E-state index >= 15 is 0 Å². The average molecular weight is 320 g/mol. The van der Waals surface area contributed by atoms with Crippen LogP contribution in [0, 0.1) is 0 Å². The quantitative estimate of drug-likeness (QED) is 0.848. The Morgan fingerprint density at radius 1 is 1.10 bits per heavy atom. The van der Waals surface area contributed by atoms with Gasteiger partial charge in [0, 0.05) is 22.2 Å². The highest BCUT2D eigenvalue weighted by molar-refractivity contribution is 6.35. The maximum Gasteiger partial charge on any atom is 0.147 e. The number of hydrogen-bond acceptors (Lipinski definition) is 2. The number of Topliss-reactive ketones (excluding diaryl/α,β-unsaturated/α-hetero) is 1. The summed E-state index contributed by atoms with van der Waals surface area (Å²) in [5, 5.41) is 1.12. The van der Waals surface area contributed by atoms with Crippen LogP contribution in [0.25, 0.3) is 0 Å². The van der Waals surface area contributed by atoms with E-state index in [1.165, 1.54) is 0 Å². The first-order chi connectivity index (χ1) is 10.0. The molecule has 2 aromatic rings. The van der Waals surface area contributed by atoms with E-state index in [9.17, 15) is 4.79 Å². The smallest absolute Gasteiger partial charge is 0.147 e. The monoisotopic (exact) mass is 319 g/mol. The zero-order valence-corrected chi connectivity index (χ0v) is 12.9. The highest BCUT2D eigenvalue weighted by atomic mass is 35.5. The van der Waals surface area contributed by atoms with E-state index in [2.05, 4.69) is 0 Å². The minimum Gasteiger partial charge on any atom is -0.399 e. The number of benzene rings is 2. The maximum atomic E-state index is 12.7. The fraction of sp³-hybridized carbons (Fsp3) is 0.235. The van der Waals surface area contributed by atoms with Crippen molar-refractivity contribution in [1.29, 1.82) is 0 Å². The molecule has 0 atom stereocenters. The lowest BCUT2D eigenvalue weighted by molar-refractivity contribution is -0.120. The summed E-state index contributed by atoms with van der Waals surface area (Å²) in [7, 11) is 0. The number of hydrogen-bond donors (Lipinski definition) is 1. The molecule has 0 heterocycles. The minimum atomic E-state index is -0.351. The van der Waals surface area contributed by atoms with Crippen LogP contribution < -0.4 is 5.73 Å². The first-order valence-corrected chi connectivity index (χ1v) is 7.60. The summed E-state index contributed by atoms with van der Waals surface area (Å²) >= 11 is 12.0. The molecule has 108 valence electrons. The van der Waals surface area contributed by atoms with Gasteiger partial charge >= 0.3 is 0 Å². The number of anilines is 1. The fourth-order valence-electron chi connectivity index (χ4n) is 2.66. The molecule has 0 spiro atoms. The Balaban J connectivity index is 1.83. The van der Waals surface area contributed by atoms with Crippen molar-refractivity contribution in [2.24, 2.45) is 0 Å². The molecule has 0 radical (unpaired) electrons. The Bertz CT molecular complexity index is 690. The van der Waals surface area contributed by atoms with E-state index in [-0.39, 0.29) is 11.2 Å². The molecule has 21 heavy (non-hydrogen) atoms. The zero-order chi connectivity index (χ0) is 15.0. The second-order valence-corrected chi connectivity index (χ2v) is 6.38. The van der Waals surface area contributed by atoms with E-state index in [1.807, 2.05) is 30.3 Å². The highest BCUT2D eigenvalue weighted by Gasteiger charge is 2.50. The summed E-state index contributed by atoms with van der Waals surface area (Å²) in [5.74, 6) is 0.205. The number of nitrogens with two attached hydrogens (primary N) is 1. The average Bonchev–Trinajstić information content (AvgIpc) is 3.24. The number of carbonyl (C=O) groups excluding carboxylic acids is 1. The molecular weight excluding hydrogens is 305 g/mol. The van der Waals surface area contributed by atoms with Crippen LogP contribution in [0.5, 0.6) is 0 Å². The summed E-state index contributed by atoms with van der Waals surface area (Å²) in [4.78, 5) is 12.7. The lowest BCUT2D eigenvalue weighted by Crippen LogP contribution is -2.22.